The Morgan fingerprint density at radius 2 is 1.74 bits per heavy atom. The van der Waals surface area contributed by atoms with Crippen molar-refractivity contribution in [2.75, 3.05) is 6.54 Å². The summed E-state index contributed by atoms with van der Waals surface area (Å²) < 4.78 is 0. The lowest BCUT2D eigenvalue weighted by molar-refractivity contribution is -0.140. The summed E-state index contributed by atoms with van der Waals surface area (Å²) >= 11 is 5.89. The number of benzene rings is 1. The van der Waals surface area contributed by atoms with Crippen LogP contribution in [0.25, 0.3) is 0 Å². The lowest BCUT2D eigenvalue weighted by Crippen LogP contribution is -2.55. The van der Waals surface area contributed by atoms with Crippen LogP contribution in [0, 0.1) is 17.8 Å². The lowest BCUT2D eigenvalue weighted by Gasteiger charge is -2.33. The van der Waals surface area contributed by atoms with Gasteiger partial charge in [0.25, 0.3) is 0 Å². The molecule has 3 rings (SSSR count). The van der Waals surface area contributed by atoms with E-state index in [1.54, 1.807) is 4.90 Å². The second kappa shape index (κ2) is 13.5. The van der Waals surface area contributed by atoms with Crippen molar-refractivity contribution >= 4 is 28.9 Å². The van der Waals surface area contributed by atoms with Gasteiger partial charge in [-0.3, -0.25) is 9.59 Å². The maximum absolute atomic E-state index is 13.5. The number of carbonyl (C=O) groups is 2. The highest BCUT2D eigenvalue weighted by atomic mass is 32.1. The fourth-order valence-electron chi connectivity index (χ4n) is 5.93. The summed E-state index contributed by atoms with van der Waals surface area (Å²) in [7, 11) is 0. The number of rotatable bonds is 11. The van der Waals surface area contributed by atoms with E-state index in [-0.39, 0.29) is 23.8 Å². The predicted octanol–water partition coefficient (Wildman–Crippen LogP) is 5.05. The van der Waals surface area contributed by atoms with E-state index in [4.69, 9.17) is 18.0 Å². The minimum atomic E-state index is -0.498. The Balaban J connectivity index is 1.68. The topological polar surface area (TPSA) is 75.4 Å². The molecule has 1 saturated heterocycles. The molecule has 0 spiro atoms. The molecule has 1 aliphatic heterocycles. The van der Waals surface area contributed by atoms with Gasteiger partial charge in [0.2, 0.25) is 11.8 Å². The summed E-state index contributed by atoms with van der Waals surface area (Å²) in [4.78, 5) is 29.5. The molecule has 2 amide bonds. The quantitative estimate of drug-likeness (QED) is 0.418. The van der Waals surface area contributed by atoms with Crippen molar-refractivity contribution in [2.24, 2.45) is 23.5 Å². The number of nitrogens with zero attached hydrogens (tertiary/aromatic N) is 1. The summed E-state index contributed by atoms with van der Waals surface area (Å²) in [5.74, 6) is 1.17. The van der Waals surface area contributed by atoms with Crippen LogP contribution in [0.2, 0.25) is 0 Å². The molecule has 6 heteroatoms. The highest BCUT2D eigenvalue weighted by Gasteiger charge is 2.39. The minimum absolute atomic E-state index is 0.0534. The highest BCUT2D eigenvalue weighted by molar-refractivity contribution is 7.80. The fraction of sp³-hybridized carbons (Fsp3) is 0.690. The number of likely N-dealkylation sites (tertiary alicyclic amines) is 1. The third kappa shape index (κ3) is 8.11. The maximum atomic E-state index is 13.5. The summed E-state index contributed by atoms with van der Waals surface area (Å²) in [5.41, 5.74) is 7.59. The second-order valence-corrected chi connectivity index (χ2v) is 11.8. The van der Waals surface area contributed by atoms with Gasteiger partial charge in [-0.15, -0.1) is 0 Å². The normalized spacial score (nSPS) is 21.5. The van der Waals surface area contributed by atoms with Crippen LogP contribution in [0.3, 0.4) is 0 Å². The molecular formula is C29H45N3O2S. The van der Waals surface area contributed by atoms with Crippen molar-refractivity contribution in [3.8, 4) is 0 Å². The molecule has 1 aromatic rings. The maximum Gasteiger partial charge on any atom is 0.243 e. The van der Waals surface area contributed by atoms with Crippen LogP contribution in [0.4, 0.5) is 0 Å². The number of hydrogen-bond acceptors (Lipinski definition) is 4. The number of thiocarbonyl (C=S) groups is 1. The van der Waals surface area contributed by atoms with Gasteiger partial charge in [-0.05, 0) is 68.3 Å². The molecule has 194 valence electrons. The summed E-state index contributed by atoms with van der Waals surface area (Å²) in [6, 6.07) is 9.01. The Kier molecular flexibility index (Phi) is 10.7. The number of nitrogens with two attached hydrogens (primary N) is 1. The number of carbonyl (C=O) groups excluding carboxylic acids is 2. The van der Waals surface area contributed by atoms with E-state index in [1.165, 1.54) is 6.42 Å². The predicted molar refractivity (Wildman–Crippen MR) is 147 cm³/mol. The Hall–Kier alpha value is -1.79. The van der Waals surface area contributed by atoms with E-state index in [2.05, 4.69) is 38.2 Å². The number of amides is 2. The van der Waals surface area contributed by atoms with Gasteiger partial charge in [-0.1, -0.05) is 82.6 Å². The first kappa shape index (κ1) is 27.8. The molecule has 0 aromatic heterocycles. The van der Waals surface area contributed by atoms with Crippen molar-refractivity contribution < 1.29 is 9.59 Å². The second-order valence-electron chi connectivity index (χ2n) is 11.3. The summed E-state index contributed by atoms with van der Waals surface area (Å²) in [5, 5.41) is 3.25. The molecule has 0 bridgehead atoms. The van der Waals surface area contributed by atoms with Crippen LogP contribution < -0.4 is 11.1 Å². The minimum Gasteiger partial charge on any atom is -0.347 e. The molecule has 1 heterocycles. The molecule has 1 aliphatic carbocycles. The smallest absolute Gasteiger partial charge is 0.243 e. The third-order valence-corrected chi connectivity index (χ3v) is 8.14. The third-order valence-electron chi connectivity index (χ3n) is 7.69. The van der Waals surface area contributed by atoms with Crippen LogP contribution in [0.5, 0.6) is 0 Å². The van der Waals surface area contributed by atoms with E-state index in [0.29, 0.717) is 31.2 Å². The molecule has 5 nitrogen and oxygen atoms in total. The number of nitrogens with one attached hydrogen (secondary N) is 1. The molecule has 1 aromatic carbocycles. The Bertz CT molecular complexity index is 838. The van der Waals surface area contributed by atoms with Gasteiger partial charge >= 0.3 is 0 Å². The van der Waals surface area contributed by atoms with Crippen LogP contribution in [-0.4, -0.2) is 46.2 Å². The largest absolute Gasteiger partial charge is 0.347 e. The van der Waals surface area contributed by atoms with E-state index in [1.807, 2.05) is 18.2 Å². The van der Waals surface area contributed by atoms with E-state index >= 15 is 0 Å². The van der Waals surface area contributed by atoms with Crippen LogP contribution in [0.15, 0.2) is 30.3 Å². The zero-order chi connectivity index (χ0) is 25.4. The van der Waals surface area contributed by atoms with E-state index in [9.17, 15) is 9.59 Å². The van der Waals surface area contributed by atoms with Crippen LogP contribution >= 0.6 is 12.2 Å². The highest BCUT2D eigenvalue weighted by Crippen LogP contribution is 2.28. The Morgan fingerprint density at radius 3 is 2.40 bits per heavy atom. The Morgan fingerprint density at radius 1 is 1.06 bits per heavy atom. The van der Waals surface area contributed by atoms with Gasteiger partial charge < -0.3 is 16.0 Å². The molecular weight excluding hydrogens is 454 g/mol. The van der Waals surface area contributed by atoms with Crippen molar-refractivity contribution in [1.82, 2.24) is 10.2 Å². The standard InChI is InChI=1S/C29H45N3O2S/c1-20(2)17-21(3)18-26(35)24(19-22-11-6-4-7-12-22)31-28(33)25-15-10-16-32(25)29(34)27(30)23-13-8-5-9-14-23/h4,6-7,11-12,20-21,23-25,27H,5,8-10,13-19,30H2,1-3H3,(H,31,33)/t21-,24+,25?,27+/m1/s1. The molecule has 0 radical (unpaired) electrons. The monoisotopic (exact) mass is 499 g/mol. The average Bonchev–Trinajstić information content (AvgIpc) is 3.33. The van der Waals surface area contributed by atoms with Crippen LogP contribution in [0.1, 0.15) is 84.1 Å². The molecule has 3 N–H and O–H groups in total. The first-order chi connectivity index (χ1) is 16.8. The lowest BCUT2D eigenvalue weighted by atomic mass is 9.83. The van der Waals surface area contributed by atoms with Crippen molar-refractivity contribution in [2.45, 2.75) is 103 Å². The first-order valence-corrected chi connectivity index (χ1v) is 14.1. The van der Waals surface area contributed by atoms with Gasteiger partial charge in [-0.25, -0.2) is 0 Å². The molecule has 1 unspecified atom stereocenters. The zero-order valence-electron chi connectivity index (χ0n) is 21.9. The van der Waals surface area contributed by atoms with Crippen LogP contribution in [-0.2, 0) is 16.0 Å². The van der Waals surface area contributed by atoms with Crippen molar-refractivity contribution in [3.63, 3.8) is 0 Å². The van der Waals surface area contributed by atoms with Crippen molar-refractivity contribution in [3.05, 3.63) is 35.9 Å². The van der Waals surface area contributed by atoms with Gasteiger partial charge in [0.05, 0.1) is 12.1 Å². The zero-order valence-corrected chi connectivity index (χ0v) is 22.7. The summed E-state index contributed by atoms with van der Waals surface area (Å²) in [6.45, 7) is 7.30. The Labute approximate surface area is 217 Å². The van der Waals surface area contributed by atoms with Crippen molar-refractivity contribution in [1.29, 1.82) is 0 Å². The molecule has 1 saturated carbocycles. The van der Waals surface area contributed by atoms with E-state index < -0.39 is 12.1 Å². The molecule has 4 atom stereocenters. The van der Waals surface area contributed by atoms with Gasteiger partial charge in [0, 0.05) is 11.4 Å². The SMILES string of the molecule is CC(C)C[C@@H](C)CC(=S)[C@H](Cc1ccccc1)NC(=O)C1CCCN1C(=O)[C@@H](N)C1CCCCC1. The fourth-order valence-corrected chi connectivity index (χ4v) is 6.35. The average molecular weight is 500 g/mol. The molecule has 2 aliphatic rings. The molecule has 35 heavy (non-hydrogen) atoms. The molecule has 2 fully saturated rings. The van der Waals surface area contributed by atoms with E-state index in [0.717, 1.165) is 55.4 Å². The first-order valence-electron chi connectivity index (χ1n) is 13.7. The van der Waals surface area contributed by atoms with Gasteiger partial charge in [0.1, 0.15) is 6.04 Å². The number of hydrogen-bond donors (Lipinski definition) is 2. The van der Waals surface area contributed by atoms with Gasteiger partial charge in [-0.2, -0.15) is 0 Å². The van der Waals surface area contributed by atoms with Gasteiger partial charge in [0.15, 0.2) is 0 Å². The summed E-state index contributed by atoms with van der Waals surface area (Å²) in [6.07, 6.45) is 9.64.